The van der Waals surface area contributed by atoms with E-state index < -0.39 is 24.3 Å². The summed E-state index contributed by atoms with van der Waals surface area (Å²) in [7, 11) is 2.19. The minimum Gasteiger partial charge on any atom is -0.475 e. The Labute approximate surface area is 216 Å². The third kappa shape index (κ3) is 11.2. The highest BCUT2D eigenvalue weighted by molar-refractivity contribution is 5.73. The second-order valence-corrected chi connectivity index (χ2v) is 9.27. The number of alkyl halides is 6. The van der Waals surface area contributed by atoms with Gasteiger partial charge >= 0.3 is 24.3 Å². The standard InChI is InChI=1S/C20H29N3O.2C2HF3O2/c1-15(2)22(3)13-20-19-12-23(8-7-18(19)14-24-20)11-17-6-4-5-16(9-17)10-21;2*3-2(4,5)1(6)7/h4-6,9,15,18-20H,7-8,11-14H2,1-3H3;2*(H,6,7)/t18-,19-,20+;;/m0../s1. The van der Waals surface area contributed by atoms with Crippen molar-refractivity contribution in [3.8, 4) is 6.07 Å². The number of piperidine rings is 1. The van der Waals surface area contributed by atoms with Crippen molar-refractivity contribution in [3.63, 3.8) is 0 Å². The molecule has 8 nitrogen and oxygen atoms in total. The first-order valence-electron chi connectivity index (χ1n) is 11.6. The molecule has 14 heteroatoms. The lowest BCUT2D eigenvalue weighted by Gasteiger charge is -2.37. The molecular formula is C24H31F6N3O5. The maximum atomic E-state index is 10.6. The molecule has 2 heterocycles. The van der Waals surface area contributed by atoms with Crippen molar-refractivity contribution in [1.82, 2.24) is 9.80 Å². The molecule has 0 radical (unpaired) electrons. The molecule has 0 unspecified atom stereocenters. The van der Waals surface area contributed by atoms with E-state index >= 15 is 0 Å². The van der Waals surface area contributed by atoms with E-state index in [1.54, 1.807) is 0 Å². The Bertz CT molecular complexity index is 940. The fraction of sp³-hybridized carbons (Fsp3) is 0.625. The lowest BCUT2D eigenvalue weighted by molar-refractivity contribution is -0.193. The molecule has 0 spiro atoms. The third-order valence-electron chi connectivity index (χ3n) is 6.19. The minimum atomic E-state index is -5.08. The maximum absolute atomic E-state index is 10.6. The largest absolute Gasteiger partial charge is 0.490 e. The van der Waals surface area contributed by atoms with Gasteiger partial charge in [-0.3, -0.25) is 4.90 Å². The van der Waals surface area contributed by atoms with E-state index in [1.165, 1.54) is 12.0 Å². The Morgan fingerprint density at radius 3 is 2.18 bits per heavy atom. The fourth-order valence-electron chi connectivity index (χ4n) is 3.92. The van der Waals surface area contributed by atoms with E-state index in [4.69, 9.17) is 29.8 Å². The highest BCUT2D eigenvalue weighted by atomic mass is 19.4. The van der Waals surface area contributed by atoms with Gasteiger partial charge in [0, 0.05) is 31.6 Å². The Morgan fingerprint density at radius 2 is 1.71 bits per heavy atom. The number of likely N-dealkylation sites (N-methyl/N-ethyl adjacent to an activating group) is 1. The zero-order valence-corrected chi connectivity index (χ0v) is 21.1. The zero-order chi connectivity index (χ0) is 29.3. The fourth-order valence-corrected chi connectivity index (χ4v) is 3.92. The van der Waals surface area contributed by atoms with Crippen LogP contribution in [0.25, 0.3) is 0 Å². The van der Waals surface area contributed by atoms with Crippen LogP contribution in [0.5, 0.6) is 0 Å². The van der Waals surface area contributed by atoms with Crippen LogP contribution < -0.4 is 0 Å². The number of fused-ring (bicyclic) bond motifs is 1. The summed E-state index contributed by atoms with van der Waals surface area (Å²) in [6.45, 7) is 9.61. The van der Waals surface area contributed by atoms with E-state index in [0.29, 0.717) is 18.1 Å². The van der Waals surface area contributed by atoms with E-state index in [2.05, 4.69) is 42.8 Å². The molecule has 3 atom stereocenters. The predicted octanol–water partition coefficient (Wildman–Crippen LogP) is 4.00. The molecule has 2 aliphatic heterocycles. The molecule has 0 saturated carbocycles. The van der Waals surface area contributed by atoms with Gasteiger partial charge in [-0.05, 0) is 57.5 Å². The summed E-state index contributed by atoms with van der Waals surface area (Å²) in [6, 6.07) is 10.8. The summed E-state index contributed by atoms with van der Waals surface area (Å²) in [5, 5.41) is 23.3. The number of nitriles is 1. The van der Waals surface area contributed by atoms with Crippen molar-refractivity contribution in [2.45, 2.75) is 51.3 Å². The molecule has 0 aliphatic carbocycles. The van der Waals surface area contributed by atoms with E-state index in [0.717, 1.165) is 44.3 Å². The zero-order valence-electron chi connectivity index (χ0n) is 21.1. The molecule has 38 heavy (non-hydrogen) atoms. The van der Waals surface area contributed by atoms with Crippen LogP contribution in [0.1, 0.15) is 31.4 Å². The van der Waals surface area contributed by atoms with Crippen molar-refractivity contribution in [3.05, 3.63) is 35.4 Å². The van der Waals surface area contributed by atoms with Gasteiger partial charge in [-0.25, -0.2) is 9.59 Å². The molecule has 2 aliphatic rings. The van der Waals surface area contributed by atoms with Crippen LogP contribution in [0.2, 0.25) is 0 Å². The smallest absolute Gasteiger partial charge is 0.475 e. The quantitative estimate of drug-likeness (QED) is 0.525. The number of carboxylic acids is 2. The summed E-state index contributed by atoms with van der Waals surface area (Å²) >= 11 is 0. The number of aliphatic carboxylic acids is 2. The molecule has 3 rings (SSSR count). The summed E-state index contributed by atoms with van der Waals surface area (Å²) < 4.78 is 69.6. The van der Waals surface area contributed by atoms with Crippen LogP contribution in [0.4, 0.5) is 26.3 Å². The molecule has 0 bridgehead atoms. The van der Waals surface area contributed by atoms with Crippen LogP contribution in [0.3, 0.4) is 0 Å². The average molecular weight is 556 g/mol. The Hall–Kier alpha value is -2.89. The van der Waals surface area contributed by atoms with Gasteiger partial charge in [-0.15, -0.1) is 0 Å². The molecule has 214 valence electrons. The SMILES string of the molecule is CC(C)N(C)C[C@H]1OC[C@@H]2CCN(Cc3cccc(C#N)c3)C[C@@H]21.O=C(O)C(F)(F)F.O=C(O)C(F)(F)F. The van der Waals surface area contributed by atoms with Crippen LogP contribution in [0, 0.1) is 23.2 Å². The van der Waals surface area contributed by atoms with Crippen LogP contribution in [0.15, 0.2) is 24.3 Å². The Balaban J connectivity index is 0.000000426. The Kier molecular flexibility index (Phi) is 12.5. The molecular weight excluding hydrogens is 524 g/mol. The molecule has 2 saturated heterocycles. The topological polar surface area (TPSA) is 114 Å². The normalized spacial score (nSPS) is 21.5. The number of hydrogen-bond acceptors (Lipinski definition) is 6. The van der Waals surface area contributed by atoms with Crippen LogP contribution in [-0.2, 0) is 20.9 Å². The number of carboxylic acid groups (broad SMARTS) is 2. The number of halogens is 6. The number of likely N-dealkylation sites (tertiary alicyclic amines) is 1. The summed E-state index contributed by atoms with van der Waals surface area (Å²) in [5.41, 5.74) is 1.99. The first-order chi connectivity index (χ1) is 17.4. The van der Waals surface area contributed by atoms with Gasteiger partial charge < -0.3 is 19.8 Å². The van der Waals surface area contributed by atoms with Crippen molar-refractivity contribution >= 4 is 11.9 Å². The van der Waals surface area contributed by atoms with Crippen LogP contribution >= 0.6 is 0 Å². The monoisotopic (exact) mass is 555 g/mol. The highest BCUT2D eigenvalue weighted by Gasteiger charge is 2.41. The molecule has 1 aromatic rings. The maximum Gasteiger partial charge on any atom is 0.490 e. The van der Waals surface area contributed by atoms with Crippen molar-refractivity contribution in [2.24, 2.45) is 11.8 Å². The second-order valence-electron chi connectivity index (χ2n) is 9.27. The first kappa shape index (κ1) is 33.1. The number of rotatable bonds is 5. The second kappa shape index (κ2) is 14.3. The van der Waals surface area contributed by atoms with Gasteiger partial charge in [0.05, 0.1) is 24.3 Å². The number of nitrogens with zero attached hydrogens (tertiary/aromatic N) is 3. The first-order valence-corrected chi connectivity index (χ1v) is 11.6. The van der Waals surface area contributed by atoms with Gasteiger partial charge in [-0.2, -0.15) is 31.6 Å². The average Bonchev–Trinajstić information content (AvgIpc) is 3.20. The lowest BCUT2D eigenvalue weighted by Crippen LogP contribution is -2.45. The third-order valence-corrected chi connectivity index (χ3v) is 6.19. The minimum absolute atomic E-state index is 0.357. The molecule has 1 aromatic carbocycles. The Morgan fingerprint density at radius 1 is 1.16 bits per heavy atom. The van der Waals surface area contributed by atoms with E-state index in [-0.39, 0.29) is 0 Å². The molecule has 2 fully saturated rings. The van der Waals surface area contributed by atoms with Gasteiger partial charge in [-0.1, -0.05) is 12.1 Å². The predicted molar refractivity (Wildman–Crippen MR) is 123 cm³/mol. The summed E-state index contributed by atoms with van der Waals surface area (Å²) in [4.78, 5) is 22.7. The van der Waals surface area contributed by atoms with Crippen molar-refractivity contribution in [2.75, 3.05) is 33.3 Å². The van der Waals surface area contributed by atoms with Gasteiger partial charge in [0.25, 0.3) is 0 Å². The molecule has 0 aromatic heterocycles. The number of carbonyl (C=O) groups is 2. The van der Waals surface area contributed by atoms with Crippen LogP contribution in [-0.4, -0.2) is 89.7 Å². The highest BCUT2D eigenvalue weighted by Crippen LogP contribution is 2.35. The van der Waals surface area contributed by atoms with Gasteiger partial charge in [0.1, 0.15) is 0 Å². The van der Waals surface area contributed by atoms with E-state index in [1.807, 2.05) is 18.2 Å². The van der Waals surface area contributed by atoms with Gasteiger partial charge in [0.2, 0.25) is 0 Å². The number of benzene rings is 1. The molecule has 0 amide bonds. The molecule has 2 N–H and O–H groups in total. The van der Waals surface area contributed by atoms with Crippen molar-refractivity contribution < 1.29 is 50.9 Å². The van der Waals surface area contributed by atoms with Gasteiger partial charge in [0.15, 0.2) is 0 Å². The van der Waals surface area contributed by atoms with Crippen molar-refractivity contribution in [1.29, 1.82) is 5.26 Å². The number of hydrogen-bond donors (Lipinski definition) is 2. The lowest BCUT2D eigenvalue weighted by atomic mass is 9.84. The summed E-state index contributed by atoms with van der Waals surface area (Å²) in [6.07, 6.45) is -8.58. The number of ether oxygens (including phenoxy) is 1. The van der Waals surface area contributed by atoms with E-state index in [9.17, 15) is 26.3 Å². The summed E-state index contributed by atoms with van der Waals surface area (Å²) in [5.74, 6) is -4.16.